The van der Waals surface area contributed by atoms with Crippen LogP contribution in [-0.4, -0.2) is 28.0 Å². The van der Waals surface area contributed by atoms with Crippen LogP contribution >= 0.6 is 11.3 Å². The van der Waals surface area contributed by atoms with Crippen molar-refractivity contribution in [2.45, 2.75) is 6.42 Å². The molecule has 3 N–H and O–H groups in total. The molecule has 0 aliphatic carbocycles. The van der Waals surface area contributed by atoms with Crippen molar-refractivity contribution in [1.29, 1.82) is 0 Å². The van der Waals surface area contributed by atoms with Crippen LogP contribution in [0, 0.1) is 5.92 Å². The maximum absolute atomic E-state index is 6.10. The minimum Gasteiger partial charge on any atom is -0.382 e. The van der Waals surface area contributed by atoms with Crippen LogP contribution in [0.5, 0.6) is 0 Å². The number of hydrogen-bond acceptors (Lipinski definition) is 6. The molecule has 3 aromatic heterocycles. The molecule has 21 heavy (non-hydrogen) atoms. The van der Waals surface area contributed by atoms with Gasteiger partial charge in [0, 0.05) is 6.20 Å². The Morgan fingerprint density at radius 3 is 2.90 bits per heavy atom. The summed E-state index contributed by atoms with van der Waals surface area (Å²) in [4.78, 5) is 13.4. The summed E-state index contributed by atoms with van der Waals surface area (Å²) in [6.07, 6.45) is 2.79. The first-order chi connectivity index (χ1) is 10.3. The van der Waals surface area contributed by atoms with Gasteiger partial charge in [-0.1, -0.05) is 6.07 Å². The van der Waals surface area contributed by atoms with Crippen LogP contribution in [0.25, 0.3) is 21.7 Å². The van der Waals surface area contributed by atoms with Gasteiger partial charge in [0.1, 0.15) is 11.5 Å². The Balaban J connectivity index is 1.81. The number of hydrogen-bond donors (Lipinski definition) is 2. The SMILES string of the molecule is Nc1nc(-c2ccccn2)nc2c(CC3CNC3)csc12. The van der Waals surface area contributed by atoms with Crippen LogP contribution in [0.1, 0.15) is 5.56 Å². The second-order valence-electron chi connectivity index (χ2n) is 5.31. The summed E-state index contributed by atoms with van der Waals surface area (Å²) in [7, 11) is 0. The van der Waals surface area contributed by atoms with Crippen LogP contribution in [0.15, 0.2) is 29.8 Å². The van der Waals surface area contributed by atoms with Crippen LogP contribution in [0.4, 0.5) is 5.82 Å². The topological polar surface area (TPSA) is 76.7 Å². The summed E-state index contributed by atoms with van der Waals surface area (Å²) < 4.78 is 0.983. The van der Waals surface area contributed by atoms with Gasteiger partial charge in [0.05, 0.1) is 10.2 Å². The molecule has 0 atom stereocenters. The second-order valence-corrected chi connectivity index (χ2v) is 6.19. The van der Waals surface area contributed by atoms with E-state index in [2.05, 4.69) is 20.7 Å². The Bertz CT molecular complexity index is 779. The van der Waals surface area contributed by atoms with Crippen LogP contribution < -0.4 is 11.1 Å². The van der Waals surface area contributed by atoms with Gasteiger partial charge >= 0.3 is 0 Å². The first-order valence-corrected chi connectivity index (χ1v) is 7.85. The van der Waals surface area contributed by atoms with Crippen molar-refractivity contribution in [3.8, 4) is 11.5 Å². The van der Waals surface area contributed by atoms with E-state index in [1.54, 1.807) is 17.5 Å². The average Bonchev–Trinajstić information content (AvgIpc) is 2.87. The predicted molar refractivity (Wildman–Crippen MR) is 85.1 cm³/mol. The summed E-state index contributed by atoms with van der Waals surface area (Å²) in [5.41, 5.74) is 9.12. The molecular weight excluding hydrogens is 282 g/mol. The average molecular weight is 297 g/mol. The lowest BCUT2D eigenvalue weighted by molar-refractivity contribution is 0.347. The third kappa shape index (κ3) is 2.26. The maximum atomic E-state index is 6.10. The van der Waals surface area contributed by atoms with E-state index in [9.17, 15) is 0 Å². The van der Waals surface area contributed by atoms with Gasteiger partial charge in [-0.15, -0.1) is 11.3 Å². The van der Waals surface area contributed by atoms with E-state index in [4.69, 9.17) is 10.7 Å². The van der Waals surface area contributed by atoms with Crippen molar-refractivity contribution in [1.82, 2.24) is 20.3 Å². The fraction of sp³-hybridized carbons (Fsp3) is 0.267. The molecule has 0 radical (unpaired) electrons. The zero-order valence-corrected chi connectivity index (χ0v) is 12.2. The third-order valence-electron chi connectivity index (χ3n) is 3.78. The molecule has 0 amide bonds. The summed E-state index contributed by atoms with van der Waals surface area (Å²) in [6, 6.07) is 5.72. The normalized spacial score (nSPS) is 15.2. The largest absolute Gasteiger partial charge is 0.382 e. The second kappa shape index (κ2) is 5.05. The number of nitrogens with two attached hydrogens (primary N) is 1. The molecule has 0 spiro atoms. The molecule has 106 valence electrons. The Hall–Kier alpha value is -2.05. The molecule has 4 rings (SSSR count). The summed E-state index contributed by atoms with van der Waals surface area (Å²) in [5.74, 6) is 1.85. The lowest BCUT2D eigenvalue weighted by atomic mass is 9.95. The van der Waals surface area contributed by atoms with Crippen molar-refractivity contribution >= 4 is 27.4 Å². The lowest BCUT2D eigenvalue weighted by Gasteiger charge is -2.26. The fourth-order valence-corrected chi connectivity index (χ4v) is 3.47. The maximum Gasteiger partial charge on any atom is 0.180 e. The number of aromatic nitrogens is 3. The number of rotatable bonds is 3. The predicted octanol–water partition coefficient (Wildman–Crippen LogP) is 2.10. The van der Waals surface area contributed by atoms with Gasteiger partial charge in [0.15, 0.2) is 5.82 Å². The third-order valence-corrected chi connectivity index (χ3v) is 4.82. The highest BCUT2D eigenvalue weighted by Crippen LogP contribution is 2.32. The molecule has 4 heterocycles. The molecule has 0 saturated carbocycles. The summed E-state index contributed by atoms with van der Waals surface area (Å²) >= 11 is 1.63. The smallest absolute Gasteiger partial charge is 0.180 e. The minimum atomic E-state index is 0.545. The number of nitrogens with one attached hydrogen (secondary N) is 1. The highest BCUT2D eigenvalue weighted by Gasteiger charge is 2.20. The molecule has 6 heteroatoms. The standard InChI is InChI=1S/C15H15N5S/c16-14-13-12(10(8-21-13)5-9-6-17-7-9)19-15(20-14)11-3-1-2-4-18-11/h1-4,8-9,17H,5-7H2,(H2,16,19,20). The Morgan fingerprint density at radius 1 is 1.29 bits per heavy atom. The summed E-state index contributed by atoms with van der Waals surface area (Å²) in [5, 5.41) is 5.47. The van der Waals surface area contributed by atoms with Gasteiger partial charge in [-0.05, 0) is 48.5 Å². The van der Waals surface area contributed by atoms with E-state index in [1.807, 2.05) is 18.2 Å². The lowest BCUT2D eigenvalue weighted by Crippen LogP contribution is -2.43. The molecule has 0 bridgehead atoms. The number of nitrogens with zero attached hydrogens (tertiary/aromatic N) is 3. The molecule has 1 fully saturated rings. The van der Waals surface area contributed by atoms with Gasteiger partial charge in [0.2, 0.25) is 0 Å². The Morgan fingerprint density at radius 2 is 2.19 bits per heavy atom. The first-order valence-electron chi connectivity index (χ1n) is 6.97. The monoisotopic (exact) mass is 297 g/mol. The number of fused-ring (bicyclic) bond motifs is 1. The highest BCUT2D eigenvalue weighted by atomic mass is 32.1. The molecule has 0 aromatic carbocycles. The van der Waals surface area contributed by atoms with Crippen LogP contribution in [0.3, 0.4) is 0 Å². The first kappa shape index (κ1) is 12.7. The van der Waals surface area contributed by atoms with E-state index in [1.165, 1.54) is 5.56 Å². The van der Waals surface area contributed by atoms with Crippen molar-refractivity contribution in [2.24, 2.45) is 5.92 Å². The van der Waals surface area contributed by atoms with Gasteiger partial charge in [0.25, 0.3) is 0 Å². The van der Waals surface area contributed by atoms with Crippen molar-refractivity contribution in [3.63, 3.8) is 0 Å². The molecule has 0 unspecified atom stereocenters. The molecule has 5 nitrogen and oxygen atoms in total. The molecular formula is C15H15N5S. The molecule has 1 aliphatic heterocycles. The molecule has 1 aliphatic rings. The van der Waals surface area contributed by atoms with Crippen molar-refractivity contribution in [3.05, 3.63) is 35.3 Å². The van der Waals surface area contributed by atoms with E-state index in [-0.39, 0.29) is 0 Å². The van der Waals surface area contributed by atoms with E-state index >= 15 is 0 Å². The number of nitrogen functional groups attached to an aromatic ring is 1. The minimum absolute atomic E-state index is 0.545. The van der Waals surface area contributed by atoms with E-state index in [0.717, 1.165) is 35.4 Å². The van der Waals surface area contributed by atoms with E-state index in [0.29, 0.717) is 17.6 Å². The van der Waals surface area contributed by atoms with Gasteiger partial charge in [-0.2, -0.15) is 0 Å². The zero-order chi connectivity index (χ0) is 14.2. The van der Waals surface area contributed by atoms with Gasteiger partial charge < -0.3 is 11.1 Å². The number of pyridine rings is 1. The number of thiophene rings is 1. The van der Waals surface area contributed by atoms with Crippen molar-refractivity contribution < 1.29 is 0 Å². The Labute approximate surface area is 126 Å². The highest BCUT2D eigenvalue weighted by molar-refractivity contribution is 7.17. The van der Waals surface area contributed by atoms with Crippen LogP contribution in [-0.2, 0) is 6.42 Å². The quantitative estimate of drug-likeness (QED) is 0.774. The van der Waals surface area contributed by atoms with E-state index < -0.39 is 0 Å². The molecule has 1 saturated heterocycles. The number of anilines is 1. The summed E-state index contributed by atoms with van der Waals surface area (Å²) in [6.45, 7) is 2.18. The van der Waals surface area contributed by atoms with Crippen LogP contribution in [0.2, 0.25) is 0 Å². The van der Waals surface area contributed by atoms with Crippen molar-refractivity contribution in [2.75, 3.05) is 18.8 Å². The zero-order valence-electron chi connectivity index (χ0n) is 11.4. The van der Waals surface area contributed by atoms with Gasteiger partial charge in [-0.3, -0.25) is 4.98 Å². The molecule has 3 aromatic rings. The van der Waals surface area contributed by atoms with Gasteiger partial charge in [-0.25, -0.2) is 9.97 Å². The Kier molecular flexibility index (Phi) is 3.05. The fourth-order valence-electron chi connectivity index (χ4n) is 2.55.